The van der Waals surface area contributed by atoms with E-state index in [0.717, 1.165) is 11.8 Å². The highest BCUT2D eigenvalue weighted by atomic mass is 35.5. The highest BCUT2D eigenvalue weighted by molar-refractivity contribution is 7.92. The monoisotopic (exact) mass is 352 g/mol. The van der Waals surface area contributed by atoms with Crippen LogP contribution in [0.25, 0.3) is 0 Å². The summed E-state index contributed by atoms with van der Waals surface area (Å²) in [5, 5.41) is 3.11. The topological polar surface area (TPSA) is 66.5 Å². The van der Waals surface area contributed by atoms with Crippen molar-refractivity contribution in [3.8, 4) is 0 Å². The van der Waals surface area contributed by atoms with Crippen molar-refractivity contribution in [2.45, 2.75) is 6.54 Å². The molecule has 0 heterocycles. The molecule has 1 amide bonds. The molecule has 7 heteroatoms. The fraction of sp³-hybridized carbons (Fsp3) is 0.188. The van der Waals surface area contributed by atoms with E-state index in [1.165, 1.54) is 4.31 Å². The first-order chi connectivity index (χ1) is 10.8. The Hall–Kier alpha value is -2.05. The number of carbonyl (C=O) groups is 1. The molecule has 5 nitrogen and oxygen atoms in total. The second-order valence-corrected chi connectivity index (χ2v) is 7.37. The largest absolute Gasteiger partial charge is 0.355 e. The lowest BCUT2D eigenvalue weighted by molar-refractivity contribution is 0.0963. The first kappa shape index (κ1) is 17.3. The molecule has 23 heavy (non-hydrogen) atoms. The van der Waals surface area contributed by atoms with Crippen molar-refractivity contribution in [2.24, 2.45) is 0 Å². The van der Waals surface area contributed by atoms with Gasteiger partial charge in [0.2, 0.25) is 10.0 Å². The molecular formula is C16H17ClN2O3S. The zero-order chi connectivity index (χ0) is 17.0. The van der Waals surface area contributed by atoms with Gasteiger partial charge in [-0.2, -0.15) is 0 Å². The van der Waals surface area contributed by atoms with Crippen molar-refractivity contribution in [1.29, 1.82) is 0 Å². The number of nitrogens with zero attached hydrogens (tertiary/aromatic N) is 1. The maximum atomic E-state index is 12.1. The Morgan fingerprint density at radius 3 is 2.13 bits per heavy atom. The van der Waals surface area contributed by atoms with Crippen molar-refractivity contribution in [2.75, 3.05) is 17.6 Å². The van der Waals surface area contributed by atoms with Crippen molar-refractivity contribution < 1.29 is 13.2 Å². The summed E-state index contributed by atoms with van der Waals surface area (Å²) in [7, 11) is -1.92. The molecule has 2 rings (SSSR count). The van der Waals surface area contributed by atoms with Crippen LogP contribution >= 0.6 is 11.6 Å². The minimum absolute atomic E-state index is 0.190. The van der Waals surface area contributed by atoms with Crippen molar-refractivity contribution in [1.82, 2.24) is 5.32 Å². The maximum absolute atomic E-state index is 12.1. The first-order valence-electron chi connectivity index (χ1n) is 6.85. The molecule has 0 aliphatic rings. The van der Waals surface area contributed by atoms with Crippen LogP contribution in [0.1, 0.15) is 15.9 Å². The summed E-state index contributed by atoms with van der Waals surface area (Å²) >= 11 is 5.85. The number of halogens is 1. The molecule has 0 fully saturated rings. The lowest BCUT2D eigenvalue weighted by atomic mass is 10.2. The van der Waals surface area contributed by atoms with Crippen LogP contribution in [0.5, 0.6) is 0 Å². The fourth-order valence-corrected chi connectivity index (χ4v) is 3.09. The van der Waals surface area contributed by atoms with E-state index in [9.17, 15) is 13.2 Å². The van der Waals surface area contributed by atoms with Gasteiger partial charge < -0.3 is 5.32 Å². The molecule has 0 spiro atoms. The third-order valence-corrected chi connectivity index (χ3v) is 4.68. The second kappa shape index (κ2) is 7.02. The first-order valence-corrected chi connectivity index (χ1v) is 9.08. The van der Waals surface area contributed by atoms with E-state index in [1.807, 2.05) is 0 Å². The number of rotatable bonds is 5. The Morgan fingerprint density at radius 1 is 1.09 bits per heavy atom. The van der Waals surface area contributed by atoms with E-state index in [2.05, 4.69) is 5.32 Å². The van der Waals surface area contributed by atoms with E-state index in [4.69, 9.17) is 11.6 Å². The summed E-state index contributed by atoms with van der Waals surface area (Å²) in [5.41, 5.74) is 1.78. The van der Waals surface area contributed by atoms with Crippen LogP contribution in [-0.4, -0.2) is 27.6 Å². The molecule has 0 unspecified atom stereocenters. The minimum Gasteiger partial charge on any atom is -0.355 e. The summed E-state index contributed by atoms with van der Waals surface area (Å²) in [6, 6.07) is 13.4. The molecule has 0 saturated carbocycles. The molecule has 0 bridgehead atoms. The Balaban J connectivity index is 2.32. The molecule has 0 atom stereocenters. The summed E-state index contributed by atoms with van der Waals surface area (Å²) < 4.78 is 25.5. The maximum Gasteiger partial charge on any atom is 0.251 e. The lowest BCUT2D eigenvalue weighted by Crippen LogP contribution is -2.29. The fourth-order valence-electron chi connectivity index (χ4n) is 2.08. The quantitative estimate of drug-likeness (QED) is 0.899. The zero-order valence-corrected chi connectivity index (χ0v) is 14.4. The standard InChI is InChI=1S/C16H17ClN2O3S/c1-18-16(20)13-5-9-15(10-6-13)19(23(2,21)22)11-12-3-7-14(17)8-4-12/h3-10H,11H2,1-2H3,(H,18,20). The predicted molar refractivity (Wildman–Crippen MR) is 92.3 cm³/mol. The van der Waals surface area contributed by atoms with Gasteiger partial charge in [-0.1, -0.05) is 23.7 Å². The Bertz CT molecular complexity index is 787. The van der Waals surface area contributed by atoms with Gasteiger partial charge in [-0.25, -0.2) is 8.42 Å². The van der Waals surface area contributed by atoms with Gasteiger partial charge >= 0.3 is 0 Å². The summed E-state index contributed by atoms with van der Waals surface area (Å²) in [6.07, 6.45) is 1.15. The van der Waals surface area contributed by atoms with Crippen LogP contribution in [0, 0.1) is 0 Å². The second-order valence-electron chi connectivity index (χ2n) is 5.02. The molecule has 0 aliphatic carbocycles. The van der Waals surface area contributed by atoms with E-state index in [-0.39, 0.29) is 12.5 Å². The summed E-state index contributed by atoms with van der Waals surface area (Å²) in [5.74, 6) is -0.222. The van der Waals surface area contributed by atoms with E-state index < -0.39 is 10.0 Å². The van der Waals surface area contributed by atoms with Gasteiger partial charge in [-0.3, -0.25) is 9.10 Å². The SMILES string of the molecule is CNC(=O)c1ccc(N(Cc2ccc(Cl)cc2)S(C)(=O)=O)cc1. The van der Waals surface area contributed by atoms with Gasteiger partial charge in [0.05, 0.1) is 18.5 Å². The van der Waals surface area contributed by atoms with Gasteiger partial charge in [-0.15, -0.1) is 0 Å². The number of hydrogen-bond acceptors (Lipinski definition) is 3. The molecule has 0 aliphatic heterocycles. The number of hydrogen-bond donors (Lipinski definition) is 1. The third kappa shape index (κ3) is 4.46. The van der Waals surface area contributed by atoms with E-state index >= 15 is 0 Å². The number of sulfonamides is 1. The third-order valence-electron chi connectivity index (χ3n) is 3.28. The number of carbonyl (C=O) groups excluding carboxylic acids is 1. The molecule has 1 N–H and O–H groups in total. The molecule has 2 aromatic carbocycles. The summed E-state index contributed by atoms with van der Waals surface area (Å²) in [4.78, 5) is 11.6. The lowest BCUT2D eigenvalue weighted by Gasteiger charge is -2.22. The Kier molecular flexibility index (Phi) is 5.28. The van der Waals surface area contributed by atoms with Crippen molar-refractivity contribution in [3.63, 3.8) is 0 Å². The van der Waals surface area contributed by atoms with Gasteiger partial charge in [0.1, 0.15) is 0 Å². The molecule has 0 radical (unpaired) electrons. The van der Waals surface area contributed by atoms with Gasteiger partial charge in [-0.05, 0) is 42.0 Å². The molecule has 122 valence electrons. The van der Waals surface area contributed by atoms with E-state index in [1.54, 1.807) is 55.6 Å². The highest BCUT2D eigenvalue weighted by Gasteiger charge is 2.18. The van der Waals surface area contributed by atoms with Crippen LogP contribution in [0.3, 0.4) is 0 Å². The predicted octanol–water partition coefficient (Wildman–Crippen LogP) is 2.67. The van der Waals surface area contributed by atoms with Gasteiger partial charge in [0.25, 0.3) is 5.91 Å². The number of benzene rings is 2. The van der Waals surface area contributed by atoms with Crippen LogP contribution < -0.4 is 9.62 Å². The van der Waals surface area contributed by atoms with Crippen LogP contribution in [-0.2, 0) is 16.6 Å². The highest BCUT2D eigenvalue weighted by Crippen LogP contribution is 2.22. The zero-order valence-electron chi connectivity index (χ0n) is 12.8. The Morgan fingerprint density at radius 2 is 1.65 bits per heavy atom. The van der Waals surface area contributed by atoms with Crippen LogP contribution in [0.15, 0.2) is 48.5 Å². The molecule has 0 saturated heterocycles. The molecule has 2 aromatic rings. The molecular weight excluding hydrogens is 336 g/mol. The summed E-state index contributed by atoms with van der Waals surface area (Å²) in [6.45, 7) is 0.190. The Labute approximate surface area is 140 Å². The van der Waals surface area contributed by atoms with Gasteiger partial charge in [0.15, 0.2) is 0 Å². The van der Waals surface area contributed by atoms with Crippen LogP contribution in [0.2, 0.25) is 5.02 Å². The smallest absolute Gasteiger partial charge is 0.251 e. The minimum atomic E-state index is -3.47. The van der Waals surface area contributed by atoms with Gasteiger partial charge in [0, 0.05) is 17.6 Å². The average Bonchev–Trinajstić information content (AvgIpc) is 2.52. The van der Waals surface area contributed by atoms with Crippen molar-refractivity contribution in [3.05, 3.63) is 64.7 Å². The normalized spacial score (nSPS) is 11.1. The van der Waals surface area contributed by atoms with E-state index in [0.29, 0.717) is 16.3 Å². The van der Waals surface area contributed by atoms with Crippen LogP contribution in [0.4, 0.5) is 5.69 Å². The average molecular weight is 353 g/mol. The number of nitrogens with one attached hydrogen (secondary N) is 1. The number of anilines is 1. The molecule has 0 aromatic heterocycles. The van der Waals surface area contributed by atoms with Crippen molar-refractivity contribution >= 4 is 33.2 Å². The number of amides is 1.